The molecule has 0 bridgehead atoms. The molecule has 0 aliphatic carbocycles. The number of aromatic nitrogens is 2. The Kier molecular flexibility index (Phi) is 3.56. The Balaban J connectivity index is 2.71. The largest absolute Gasteiger partial charge is 0.435 e. The molecule has 0 spiro atoms. The minimum Gasteiger partial charge on any atom is -0.298 e. The van der Waals surface area contributed by atoms with E-state index in [1.54, 1.807) is 12.1 Å². The summed E-state index contributed by atoms with van der Waals surface area (Å²) in [6, 6.07) is 6.08. The van der Waals surface area contributed by atoms with Crippen LogP contribution in [0.25, 0.3) is 5.69 Å². The zero-order chi connectivity index (χ0) is 14.2. The molecule has 100 valence electrons. The summed E-state index contributed by atoms with van der Waals surface area (Å²) in [4.78, 5) is 10.8. The van der Waals surface area contributed by atoms with Gasteiger partial charge in [-0.2, -0.15) is 18.3 Å². The van der Waals surface area contributed by atoms with E-state index in [1.807, 2.05) is 0 Å². The molecular weight excluding hydrogens is 304 g/mol. The summed E-state index contributed by atoms with van der Waals surface area (Å²) in [6.07, 6.45) is -4.75. The van der Waals surface area contributed by atoms with Crippen LogP contribution in [-0.2, 0) is 6.18 Å². The van der Waals surface area contributed by atoms with Crippen LogP contribution in [0.3, 0.4) is 0 Å². The van der Waals surface area contributed by atoms with Gasteiger partial charge in [0.2, 0.25) is 0 Å². The maximum Gasteiger partial charge on any atom is 0.435 e. The lowest BCUT2D eigenvalue weighted by molar-refractivity contribution is -0.141. The maximum absolute atomic E-state index is 12.7. The van der Waals surface area contributed by atoms with Crippen molar-refractivity contribution in [1.29, 1.82) is 0 Å². The van der Waals surface area contributed by atoms with Crippen LogP contribution in [-0.4, -0.2) is 16.1 Å². The summed E-state index contributed by atoms with van der Waals surface area (Å²) in [5.74, 6) is 0. The van der Waals surface area contributed by atoms with Crippen LogP contribution in [0.15, 0.2) is 24.3 Å². The Morgan fingerprint density at radius 1 is 1.21 bits per heavy atom. The highest BCUT2D eigenvalue weighted by atomic mass is 35.5. The van der Waals surface area contributed by atoms with Crippen LogP contribution in [0.1, 0.15) is 16.1 Å². The highest BCUT2D eigenvalue weighted by Crippen LogP contribution is 2.35. The molecule has 1 aromatic carbocycles. The van der Waals surface area contributed by atoms with E-state index in [1.165, 1.54) is 12.1 Å². The fourth-order valence-electron chi connectivity index (χ4n) is 1.51. The van der Waals surface area contributed by atoms with E-state index in [0.29, 0.717) is 0 Å². The normalized spacial score (nSPS) is 11.6. The molecule has 0 fully saturated rings. The van der Waals surface area contributed by atoms with E-state index in [-0.39, 0.29) is 17.0 Å². The van der Waals surface area contributed by atoms with E-state index < -0.39 is 22.6 Å². The number of aldehydes is 1. The van der Waals surface area contributed by atoms with Crippen molar-refractivity contribution in [2.24, 2.45) is 0 Å². The molecule has 2 rings (SSSR count). The molecule has 19 heavy (non-hydrogen) atoms. The fraction of sp³-hybridized carbons (Fsp3) is 0.0909. The molecule has 3 nitrogen and oxygen atoms in total. The molecule has 0 atom stereocenters. The summed E-state index contributed by atoms with van der Waals surface area (Å²) >= 11 is 11.6. The number of carbonyl (C=O) groups excluding carboxylic acids is 1. The molecule has 1 heterocycles. The van der Waals surface area contributed by atoms with Gasteiger partial charge in [0.1, 0.15) is 5.15 Å². The van der Waals surface area contributed by atoms with Gasteiger partial charge in [0.05, 0.1) is 16.3 Å². The van der Waals surface area contributed by atoms with Gasteiger partial charge in [0.15, 0.2) is 12.0 Å². The van der Waals surface area contributed by atoms with Crippen LogP contribution < -0.4 is 0 Å². The number of para-hydroxylation sites is 1. The van der Waals surface area contributed by atoms with Crippen molar-refractivity contribution in [2.75, 3.05) is 0 Å². The molecular formula is C11H5Cl2F3N2O. The summed E-state index contributed by atoms with van der Waals surface area (Å²) in [5.41, 5.74) is -1.89. The Hall–Kier alpha value is -1.53. The molecule has 0 amide bonds. The monoisotopic (exact) mass is 308 g/mol. The van der Waals surface area contributed by atoms with E-state index >= 15 is 0 Å². The third kappa shape index (κ3) is 2.46. The molecule has 1 aromatic heterocycles. The number of alkyl halides is 3. The maximum atomic E-state index is 12.7. The van der Waals surface area contributed by atoms with Crippen molar-refractivity contribution in [3.05, 3.63) is 45.7 Å². The quantitative estimate of drug-likeness (QED) is 0.786. The van der Waals surface area contributed by atoms with Crippen LogP contribution in [0.4, 0.5) is 13.2 Å². The van der Waals surface area contributed by atoms with Gasteiger partial charge >= 0.3 is 6.18 Å². The standard InChI is InChI=1S/C11H5Cl2F3N2O/c12-7-3-1-2-4-8(7)18-10(13)6(5-19)9(17-18)11(14,15)16/h1-5H. The Labute approximate surface area is 115 Å². The van der Waals surface area contributed by atoms with E-state index in [4.69, 9.17) is 23.2 Å². The Bertz CT molecular complexity index is 637. The zero-order valence-electron chi connectivity index (χ0n) is 9.08. The highest BCUT2D eigenvalue weighted by molar-refractivity contribution is 6.34. The predicted molar refractivity (Wildman–Crippen MR) is 64.0 cm³/mol. The molecule has 8 heteroatoms. The predicted octanol–water partition coefficient (Wildman–Crippen LogP) is 4.01. The van der Waals surface area contributed by atoms with Gasteiger partial charge in [-0.3, -0.25) is 4.79 Å². The van der Waals surface area contributed by atoms with Crippen molar-refractivity contribution in [1.82, 2.24) is 9.78 Å². The van der Waals surface area contributed by atoms with Crippen molar-refractivity contribution in [3.8, 4) is 5.69 Å². The molecule has 0 aliphatic heterocycles. The zero-order valence-corrected chi connectivity index (χ0v) is 10.6. The second-order valence-electron chi connectivity index (χ2n) is 3.53. The second kappa shape index (κ2) is 4.86. The first kappa shape index (κ1) is 13.9. The first-order valence-electron chi connectivity index (χ1n) is 4.92. The Morgan fingerprint density at radius 3 is 2.32 bits per heavy atom. The van der Waals surface area contributed by atoms with Crippen LogP contribution >= 0.6 is 23.2 Å². The molecule has 0 unspecified atom stereocenters. The van der Waals surface area contributed by atoms with E-state index in [0.717, 1.165) is 4.68 Å². The number of hydrogen-bond acceptors (Lipinski definition) is 2. The third-order valence-corrected chi connectivity index (χ3v) is 3.01. The second-order valence-corrected chi connectivity index (χ2v) is 4.30. The number of hydrogen-bond donors (Lipinski definition) is 0. The van der Waals surface area contributed by atoms with Crippen LogP contribution in [0.5, 0.6) is 0 Å². The van der Waals surface area contributed by atoms with Gasteiger partial charge in [-0.15, -0.1) is 0 Å². The summed E-state index contributed by atoms with van der Waals surface area (Å²) < 4.78 is 38.9. The molecule has 0 N–H and O–H groups in total. The van der Waals surface area contributed by atoms with Gasteiger partial charge in [-0.1, -0.05) is 35.3 Å². The van der Waals surface area contributed by atoms with Gasteiger partial charge in [0.25, 0.3) is 0 Å². The van der Waals surface area contributed by atoms with Crippen LogP contribution in [0.2, 0.25) is 10.2 Å². The minimum absolute atomic E-state index is 0.0193. The van der Waals surface area contributed by atoms with Gasteiger partial charge in [-0.25, -0.2) is 4.68 Å². The first-order chi connectivity index (χ1) is 8.86. The average molecular weight is 309 g/mol. The highest BCUT2D eigenvalue weighted by Gasteiger charge is 2.39. The lowest BCUT2D eigenvalue weighted by Crippen LogP contribution is -2.09. The Morgan fingerprint density at radius 2 is 1.84 bits per heavy atom. The summed E-state index contributed by atoms with van der Waals surface area (Å²) in [6.45, 7) is 0. The summed E-state index contributed by atoms with van der Waals surface area (Å²) in [5, 5.41) is 3.06. The van der Waals surface area contributed by atoms with Crippen LogP contribution in [0, 0.1) is 0 Å². The smallest absolute Gasteiger partial charge is 0.298 e. The lowest BCUT2D eigenvalue weighted by Gasteiger charge is -2.05. The minimum atomic E-state index is -4.77. The van der Waals surface area contributed by atoms with Crippen molar-refractivity contribution >= 4 is 29.5 Å². The van der Waals surface area contributed by atoms with Gasteiger partial charge in [0, 0.05) is 0 Å². The van der Waals surface area contributed by atoms with Gasteiger partial charge in [-0.05, 0) is 12.1 Å². The summed E-state index contributed by atoms with van der Waals surface area (Å²) in [7, 11) is 0. The number of carbonyl (C=O) groups is 1. The topological polar surface area (TPSA) is 34.9 Å². The number of halogens is 5. The molecule has 0 radical (unpaired) electrons. The molecule has 0 aliphatic rings. The third-order valence-electron chi connectivity index (χ3n) is 2.33. The van der Waals surface area contributed by atoms with E-state index in [9.17, 15) is 18.0 Å². The van der Waals surface area contributed by atoms with Crippen molar-refractivity contribution < 1.29 is 18.0 Å². The fourth-order valence-corrected chi connectivity index (χ4v) is 1.99. The first-order valence-corrected chi connectivity index (χ1v) is 5.67. The number of nitrogens with zero attached hydrogens (tertiary/aromatic N) is 2. The number of benzene rings is 1. The van der Waals surface area contributed by atoms with E-state index in [2.05, 4.69) is 5.10 Å². The molecule has 0 saturated carbocycles. The number of rotatable bonds is 2. The SMILES string of the molecule is O=Cc1c(C(F)(F)F)nn(-c2ccccc2Cl)c1Cl. The average Bonchev–Trinajstić information content (AvgIpc) is 2.67. The molecule has 0 saturated heterocycles. The lowest BCUT2D eigenvalue weighted by atomic mass is 10.2. The molecule has 2 aromatic rings. The van der Waals surface area contributed by atoms with Gasteiger partial charge < -0.3 is 0 Å². The van der Waals surface area contributed by atoms with Crippen molar-refractivity contribution in [2.45, 2.75) is 6.18 Å². The van der Waals surface area contributed by atoms with Crippen molar-refractivity contribution in [3.63, 3.8) is 0 Å².